The van der Waals surface area contributed by atoms with Gasteiger partial charge in [0.1, 0.15) is 16.2 Å². The van der Waals surface area contributed by atoms with Crippen LogP contribution in [0.3, 0.4) is 0 Å². The van der Waals surface area contributed by atoms with E-state index in [0.717, 1.165) is 18.4 Å². The Kier molecular flexibility index (Phi) is 9.26. The Morgan fingerprint density at radius 2 is 1.49 bits per heavy atom. The molecule has 1 amide bonds. The summed E-state index contributed by atoms with van der Waals surface area (Å²) >= 11 is 0.357. The maximum atomic E-state index is 14.3. The Hall–Kier alpha value is -3.64. The molecule has 2 fully saturated rings. The standard InChI is InChI=1S/C31H29F5N2O4S/c32-24-25(33)27(35)29(28(36)26(24)34)43-37-13-12-20(16-37)30(40)38(21-10-11-22(31(41)42)23(39)14-21)15-17-6-8-19(9-7-17)18-4-2-1-3-5-18/h6-11,14,18,20,39H,1-5,12-13,15-16H2,(H,41,42). The molecule has 0 radical (unpaired) electrons. The van der Waals surface area contributed by atoms with E-state index in [1.807, 2.05) is 24.3 Å². The van der Waals surface area contributed by atoms with Gasteiger partial charge in [-0.05, 0) is 60.4 Å². The number of halogens is 5. The summed E-state index contributed by atoms with van der Waals surface area (Å²) in [5, 5.41) is 19.7. The third-order valence-corrected chi connectivity index (χ3v) is 9.21. The van der Waals surface area contributed by atoms with E-state index in [1.165, 1.54) is 52.2 Å². The van der Waals surface area contributed by atoms with Crippen LogP contribution < -0.4 is 4.90 Å². The summed E-state index contributed by atoms with van der Waals surface area (Å²) in [6.45, 7) is 0.184. The van der Waals surface area contributed by atoms with Crippen LogP contribution in [0.2, 0.25) is 0 Å². The number of carboxylic acid groups (broad SMARTS) is 1. The third-order valence-electron chi connectivity index (χ3n) is 8.08. The minimum Gasteiger partial charge on any atom is -0.507 e. The van der Waals surface area contributed by atoms with Crippen molar-refractivity contribution in [3.63, 3.8) is 0 Å². The molecule has 6 nitrogen and oxygen atoms in total. The van der Waals surface area contributed by atoms with E-state index in [4.69, 9.17) is 0 Å². The molecule has 1 heterocycles. The average Bonchev–Trinajstić information content (AvgIpc) is 3.49. The number of rotatable bonds is 8. The van der Waals surface area contributed by atoms with Crippen LogP contribution in [0.5, 0.6) is 5.75 Å². The maximum Gasteiger partial charge on any atom is 0.339 e. The van der Waals surface area contributed by atoms with E-state index < -0.39 is 57.5 Å². The number of carbonyl (C=O) groups is 2. The molecule has 3 aromatic rings. The van der Waals surface area contributed by atoms with Crippen LogP contribution in [0, 0.1) is 35.0 Å². The molecule has 1 aliphatic carbocycles. The van der Waals surface area contributed by atoms with Crippen LogP contribution >= 0.6 is 11.9 Å². The Balaban J connectivity index is 1.37. The molecule has 1 atom stereocenters. The Labute approximate surface area is 249 Å². The van der Waals surface area contributed by atoms with Crippen molar-refractivity contribution in [3.05, 3.63) is 88.2 Å². The normalized spacial score (nSPS) is 17.7. The van der Waals surface area contributed by atoms with Crippen molar-refractivity contribution in [2.24, 2.45) is 5.92 Å². The molecule has 5 rings (SSSR count). The number of carbonyl (C=O) groups excluding carboxylic acids is 1. The number of anilines is 1. The number of hydrogen-bond acceptors (Lipinski definition) is 5. The monoisotopic (exact) mass is 620 g/mol. The highest BCUT2D eigenvalue weighted by atomic mass is 32.2. The largest absolute Gasteiger partial charge is 0.507 e. The summed E-state index contributed by atoms with van der Waals surface area (Å²) in [4.78, 5) is 25.6. The van der Waals surface area contributed by atoms with Crippen molar-refractivity contribution in [2.75, 3.05) is 18.0 Å². The van der Waals surface area contributed by atoms with Crippen LogP contribution in [-0.2, 0) is 11.3 Å². The van der Waals surface area contributed by atoms with Gasteiger partial charge in [0, 0.05) is 24.8 Å². The summed E-state index contributed by atoms with van der Waals surface area (Å²) in [5.74, 6) is -12.7. The van der Waals surface area contributed by atoms with E-state index in [-0.39, 0.29) is 37.3 Å². The predicted molar refractivity (Wildman–Crippen MR) is 150 cm³/mol. The van der Waals surface area contributed by atoms with Crippen LogP contribution in [0.4, 0.5) is 27.6 Å². The number of aromatic hydroxyl groups is 1. The van der Waals surface area contributed by atoms with E-state index in [1.54, 1.807) is 0 Å². The fourth-order valence-electron chi connectivity index (χ4n) is 5.71. The summed E-state index contributed by atoms with van der Waals surface area (Å²) in [5.41, 5.74) is 1.93. The molecule has 1 saturated heterocycles. The Bertz CT molecular complexity index is 1500. The van der Waals surface area contributed by atoms with Crippen molar-refractivity contribution >= 4 is 29.5 Å². The SMILES string of the molecule is O=C(O)c1ccc(N(Cc2ccc(C3CCCCC3)cc2)C(=O)C2CCN(Sc3c(F)c(F)c(F)c(F)c3F)C2)cc1O. The minimum atomic E-state index is -2.24. The molecule has 1 unspecified atom stereocenters. The molecule has 12 heteroatoms. The number of nitrogens with zero attached hydrogens (tertiary/aromatic N) is 2. The molecule has 2 N–H and O–H groups in total. The highest BCUT2D eigenvalue weighted by Crippen LogP contribution is 2.37. The first kappa shape index (κ1) is 30.8. The van der Waals surface area contributed by atoms with Gasteiger partial charge in [0.15, 0.2) is 23.3 Å². The predicted octanol–water partition coefficient (Wildman–Crippen LogP) is 7.40. The lowest BCUT2D eigenvalue weighted by molar-refractivity contribution is -0.122. The third kappa shape index (κ3) is 6.50. The Morgan fingerprint density at radius 3 is 2.09 bits per heavy atom. The van der Waals surface area contributed by atoms with Gasteiger partial charge in [-0.15, -0.1) is 0 Å². The van der Waals surface area contributed by atoms with E-state index in [9.17, 15) is 41.8 Å². The van der Waals surface area contributed by atoms with Gasteiger partial charge in [0.05, 0.1) is 12.5 Å². The second-order valence-electron chi connectivity index (χ2n) is 10.9. The van der Waals surface area contributed by atoms with Crippen molar-refractivity contribution in [1.29, 1.82) is 0 Å². The van der Waals surface area contributed by atoms with Crippen molar-refractivity contribution in [3.8, 4) is 5.75 Å². The first-order valence-electron chi connectivity index (χ1n) is 14.0. The zero-order valence-corrected chi connectivity index (χ0v) is 23.8. The van der Waals surface area contributed by atoms with Gasteiger partial charge in [-0.1, -0.05) is 43.5 Å². The molecule has 1 saturated carbocycles. The van der Waals surface area contributed by atoms with Gasteiger partial charge < -0.3 is 15.1 Å². The van der Waals surface area contributed by atoms with Gasteiger partial charge in [0.25, 0.3) is 0 Å². The van der Waals surface area contributed by atoms with Crippen molar-refractivity contribution in [1.82, 2.24) is 4.31 Å². The molecular weight excluding hydrogens is 591 g/mol. The first-order chi connectivity index (χ1) is 20.5. The number of aromatic carboxylic acids is 1. The fourth-order valence-corrected chi connectivity index (χ4v) is 6.75. The summed E-state index contributed by atoms with van der Waals surface area (Å²) in [6, 6.07) is 11.7. The minimum absolute atomic E-state index is 0.0424. The molecular formula is C31H29F5N2O4S. The number of hydrogen-bond donors (Lipinski definition) is 2. The van der Waals surface area contributed by atoms with E-state index >= 15 is 0 Å². The topological polar surface area (TPSA) is 81.1 Å². The lowest BCUT2D eigenvalue weighted by Crippen LogP contribution is -2.36. The Morgan fingerprint density at radius 1 is 0.860 bits per heavy atom. The average molecular weight is 621 g/mol. The maximum absolute atomic E-state index is 14.3. The second kappa shape index (κ2) is 12.9. The summed E-state index contributed by atoms with van der Waals surface area (Å²) in [6.07, 6.45) is 6.09. The van der Waals surface area contributed by atoms with Gasteiger partial charge in [-0.25, -0.2) is 31.1 Å². The smallest absolute Gasteiger partial charge is 0.339 e. The molecule has 0 aromatic heterocycles. The lowest BCUT2D eigenvalue weighted by Gasteiger charge is -2.27. The number of amides is 1. The number of carboxylic acids is 1. The summed E-state index contributed by atoms with van der Waals surface area (Å²) in [7, 11) is 0. The van der Waals surface area contributed by atoms with Gasteiger partial charge in [-0.2, -0.15) is 0 Å². The molecule has 43 heavy (non-hydrogen) atoms. The van der Waals surface area contributed by atoms with Gasteiger partial charge in [-0.3, -0.25) is 4.79 Å². The second-order valence-corrected chi connectivity index (χ2v) is 12.0. The number of benzene rings is 3. The fraction of sp³-hybridized carbons (Fsp3) is 0.355. The van der Waals surface area contributed by atoms with Crippen LogP contribution in [0.25, 0.3) is 0 Å². The van der Waals surface area contributed by atoms with Gasteiger partial charge >= 0.3 is 5.97 Å². The zero-order chi connectivity index (χ0) is 30.8. The van der Waals surface area contributed by atoms with Gasteiger partial charge in [0.2, 0.25) is 11.7 Å². The van der Waals surface area contributed by atoms with Crippen LogP contribution in [-0.4, -0.2) is 39.5 Å². The number of phenols is 1. The van der Waals surface area contributed by atoms with E-state index in [0.29, 0.717) is 17.9 Å². The van der Waals surface area contributed by atoms with E-state index in [2.05, 4.69) is 0 Å². The van der Waals surface area contributed by atoms with Crippen molar-refractivity contribution in [2.45, 2.75) is 55.9 Å². The molecule has 1 aliphatic heterocycles. The molecule has 0 spiro atoms. The molecule has 0 bridgehead atoms. The summed E-state index contributed by atoms with van der Waals surface area (Å²) < 4.78 is 70.8. The van der Waals surface area contributed by atoms with Crippen molar-refractivity contribution < 1.29 is 41.8 Å². The first-order valence-corrected chi connectivity index (χ1v) is 14.7. The van der Waals surface area contributed by atoms with Crippen LogP contribution in [0.15, 0.2) is 47.4 Å². The molecule has 228 valence electrons. The highest BCUT2D eigenvalue weighted by Gasteiger charge is 2.35. The lowest BCUT2D eigenvalue weighted by atomic mass is 9.84. The highest BCUT2D eigenvalue weighted by molar-refractivity contribution is 7.97. The van der Waals surface area contributed by atoms with Crippen LogP contribution in [0.1, 0.15) is 65.9 Å². The molecule has 3 aromatic carbocycles. The quantitative estimate of drug-likeness (QED) is 0.118. The zero-order valence-electron chi connectivity index (χ0n) is 23.0. The molecule has 2 aliphatic rings.